The van der Waals surface area contributed by atoms with Crippen LogP contribution in [0.25, 0.3) is 6.08 Å². The summed E-state index contributed by atoms with van der Waals surface area (Å²) in [7, 11) is 1.57. The number of nitrogens with one attached hydrogen (secondary N) is 1. The zero-order valence-electron chi connectivity index (χ0n) is 11.9. The van der Waals surface area contributed by atoms with Crippen LogP contribution in [0, 0.1) is 11.3 Å². The molecule has 0 atom stereocenters. The molecule has 0 bridgehead atoms. The lowest BCUT2D eigenvalue weighted by atomic mass is 10.1. The van der Waals surface area contributed by atoms with Gasteiger partial charge in [-0.15, -0.1) is 0 Å². The normalized spacial score (nSPS) is 10.6. The van der Waals surface area contributed by atoms with Crippen molar-refractivity contribution in [2.24, 2.45) is 0 Å². The minimum Gasteiger partial charge on any atom is -0.508 e. The van der Waals surface area contributed by atoms with E-state index in [1.54, 1.807) is 43.5 Å². The van der Waals surface area contributed by atoms with Crippen LogP contribution in [-0.2, 0) is 4.79 Å². The van der Waals surface area contributed by atoms with E-state index in [0.717, 1.165) is 5.56 Å². The van der Waals surface area contributed by atoms with Crippen molar-refractivity contribution in [3.63, 3.8) is 0 Å². The number of hydrogen-bond donors (Lipinski definition) is 2. The maximum atomic E-state index is 12.1. The van der Waals surface area contributed by atoms with Crippen molar-refractivity contribution in [3.8, 4) is 17.6 Å². The molecule has 1 amide bonds. The monoisotopic (exact) mass is 294 g/mol. The molecule has 0 heterocycles. The maximum Gasteiger partial charge on any atom is 0.266 e. The van der Waals surface area contributed by atoms with Gasteiger partial charge in [0.1, 0.15) is 23.1 Å². The quantitative estimate of drug-likeness (QED) is 0.516. The van der Waals surface area contributed by atoms with Crippen LogP contribution in [-0.4, -0.2) is 18.1 Å². The Kier molecular flexibility index (Phi) is 4.78. The number of phenols is 1. The van der Waals surface area contributed by atoms with E-state index in [1.165, 1.54) is 18.2 Å². The van der Waals surface area contributed by atoms with Crippen molar-refractivity contribution < 1.29 is 14.6 Å². The summed E-state index contributed by atoms with van der Waals surface area (Å²) in [5.74, 6) is 0.292. The number of hydrogen-bond acceptors (Lipinski definition) is 4. The lowest BCUT2D eigenvalue weighted by molar-refractivity contribution is -0.112. The molecule has 5 heteroatoms. The number of anilines is 1. The van der Waals surface area contributed by atoms with Crippen molar-refractivity contribution in [2.75, 3.05) is 12.4 Å². The predicted molar refractivity (Wildman–Crippen MR) is 83.3 cm³/mol. The van der Waals surface area contributed by atoms with Crippen LogP contribution < -0.4 is 10.1 Å². The molecule has 0 saturated carbocycles. The van der Waals surface area contributed by atoms with E-state index in [0.29, 0.717) is 11.4 Å². The number of methoxy groups -OCH3 is 1. The minimum absolute atomic E-state index is 0.0155. The highest BCUT2D eigenvalue weighted by Crippen LogP contribution is 2.16. The van der Waals surface area contributed by atoms with E-state index in [2.05, 4.69) is 5.32 Å². The third-order valence-electron chi connectivity index (χ3n) is 2.92. The van der Waals surface area contributed by atoms with Crippen LogP contribution >= 0.6 is 0 Å². The molecule has 0 aliphatic heterocycles. The van der Waals surface area contributed by atoms with Gasteiger partial charge < -0.3 is 15.2 Å². The second-order valence-electron chi connectivity index (χ2n) is 4.44. The summed E-state index contributed by atoms with van der Waals surface area (Å²) >= 11 is 0. The second-order valence-corrected chi connectivity index (χ2v) is 4.44. The first-order chi connectivity index (χ1) is 10.6. The highest BCUT2D eigenvalue weighted by molar-refractivity contribution is 6.09. The molecule has 0 aliphatic carbocycles. The summed E-state index contributed by atoms with van der Waals surface area (Å²) in [6.07, 6.45) is 1.50. The molecule has 0 aliphatic rings. The fourth-order valence-electron chi connectivity index (χ4n) is 1.76. The van der Waals surface area contributed by atoms with Gasteiger partial charge in [-0.05, 0) is 48.0 Å². The van der Waals surface area contributed by atoms with E-state index in [9.17, 15) is 9.90 Å². The number of aromatic hydroxyl groups is 1. The van der Waals surface area contributed by atoms with Gasteiger partial charge >= 0.3 is 0 Å². The molecule has 110 valence electrons. The smallest absolute Gasteiger partial charge is 0.266 e. The Hall–Kier alpha value is -3.26. The molecule has 2 rings (SSSR count). The zero-order valence-corrected chi connectivity index (χ0v) is 11.9. The molecule has 2 aromatic carbocycles. The van der Waals surface area contributed by atoms with E-state index >= 15 is 0 Å². The average Bonchev–Trinajstić information content (AvgIpc) is 2.55. The van der Waals surface area contributed by atoms with E-state index in [-0.39, 0.29) is 11.3 Å². The van der Waals surface area contributed by atoms with Crippen molar-refractivity contribution in [3.05, 3.63) is 59.7 Å². The molecule has 22 heavy (non-hydrogen) atoms. The highest BCUT2D eigenvalue weighted by atomic mass is 16.5. The Morgan fingerprint density at radius 3 is 2.36 bits per heavy atom. The number of benzene rings is 2. The number of amides is 1. The van der Waals surface area contributed by atoms with Crippen molar-refractivity contribution >= 4 is 17.7 Å². The van der Waals surface area contributed by atoms with E-state index in [1.807, 2.05) is 6.07 Å². The van der Waals surface area contributed by atoms with Gasteiger partial charge in [-0.2, -0.15) is 5.26 Å². The Balaban J connectivity index is 2.15. The van der Waals surface area contributed by atoms with Gasteiger partial charge in [-0.1, -0.05) is 12.1 Å². The van der Waals surface area contributed by atoms with E-state index < -0.39 is 5.91 Å². The van der Waals surface area contributed by atoms with Gasteiger partial charge in [-0.3, -0.25) is 4.79 Å². The van der Waals surface area contributed by atoms with Gasteiger partial charge in [0.25, 0.3) is 5.91 Å². The third-order valence-corrected chi connectivity index (χ3v) is 2.92. The average molecular weight is 294 g/mol. The highest BCUT2D eigenvalue weighted by Gasteiger charge is 2.09. The van der Waals surface area contributed by atoms with Gasteiger partial charge in [0.2, 0.25) is 0 Å². The molecule has 5 nitrogen and oxygen atoms in total. The summed E-state index contributed by atoms with van der Waals surface area (Å²) in [5.41, 5.74) is 1.20. The molecule has 0 unspecified atom stereocenters. The van der Waals surface area contributed by atoms with Crippen LogP contribution in [0.3, 0.4) is 0 Å². The van der Waals surface area contributed by atoms with Crippen molar-refractivity contribution in [1.29, 1.82) is 5.26 Å². The lowest BCUT2D eigenvalue weighted by Crippen LogP contribution is -2.13. The number of carbonyl (C=O) groups excluding carboxylic acids is 1. The molecular formula is C17H14N2O3. The topological polar surface area (TPSA) is 82.3 Å². The number of nitriles is 1. The van der Waals surface area contributed by atoms with E-state index in [4.69, 9.17) is 10.00 Å². The van der Waals surface area contributed by atoms with Crippen LogP contribution in [0.4, 0.5) is 5.69 Å². The summed E-state index contributed by atoms with van der Waals surface area (Å²) in [5, 5.41) is 20.9. The number of carbonyl (C=O) groups is 1. The van der Waals surface area contributed by atoms with Crippen LogP contribution in [0.5, 0.6) is 11.5 Å². The zero-order chi connectivity index (χ0) is 15.9. The van der Waals surface area contributed by atoms with Crippen molar-refractivity contribution in [1.82, 2.24) is 0 Å². The second kappa shape index (κ2) is 6.95. The van der Waals surface area contributed by atoms with Gasteiger partial charge in [0.05, 0.1) is 7.11 Å². The van der Waals surface area contributed by atoms with Crippen LogP contribution in [0.1, 0.15) is 5.56 Å². The standard InChI is InChI=1S/C17H14N2O3/c1-22-16-8-2-12(3-9-16)10-13(11-18)17(21)19-14-4-6-15(20)7-5-14/h2-10,20H,1H3,(H,19,21)/b13-10+. The largest absolute Gasteiger partial charge is 0.508 e. The first-order valence-corrected chi connectivity index (χ1v) is 6.48. The third kappa shape index (κ3) is 3.87. The minimum atomic E-state index is -0.510. The Bertz CT molecular complexity index is 726. The molecule has 0 fully saturated rings. The molecule has 0 aromatic heterocycles. The predicted octanol–water partition coefficient (Wildman–Crippen LogP) is 2.95. The van der Waals surface area contributed by atoms with Gasteiger partial charge in [0, 0.05) is 5.69 Å². The molecule has 0 spiro atoms. The lowest BCUT2D eigenvalue weighted by Gasteiger charge is -2.04. The van der Waals surface area contributed by atoms with Crippen molar-refractivity contribution in [2.45, 2.75) is 0 Å². The fourth-order valence-corrected chi connectivity index (χ4v) is 1.76. The molecule has 0 radical (unpaired) electrons. The molecule has 0 saturated heterocycles. The summed E-state index contributed by atoms with van der Waals surface area (Å²) in [4.78, 5) is 12.1. The molecule has 2 aromatic rings. The maximum absolute atomic E-state index is 12.1. The number of phenolic OH excluding ortho intramolecular Hbond substituents is 1. The van der Waals surface area contributed by atoms with Gasteiger partial charge in [0.15, 0.2) is 0 Å². The summed E-state index contributed by atoms with van der Waals surface area (Å²) in [6, 6.07) is 14.9. The van der Waals surface area contributed by atoms with Gasteiger partial charge in [-0.25, -0.2) is 0 Å². The Morgan fingerprint density at radius 2 is 1.82 bits per heavy atom. The number of rotatable bonds is 4. The summed E-state index contributed by atoms with van der Waals surface area (Å²) < 4.78 is 5.05. The number of ether oxygens (including phenoxy) is 1. The van der Waals surface area contributed by atoms with Crippen LogP contribution in [0.15, 0.2) is 54.1 Å². The molecule has 2 N–H and O–H groups in total. The SMILES string of the molecule is COc1ccc(/C=C(\C#N)C(=O)Nc2ccc(O)cc2)cc1. The first kappa shape index (κ1) is 15.1. The number of nitrogens with zero attached hydrogens (tertiary/aromatic N) is 1. The van der Waals surface area contributed by atoms with Crippen LogP contribution in [0.2, 0.25) is 0 Å². The first-order valence-electron chi connectivity index (χ1n) is 6.48. The molecular weight excluding hydrogens is 280 g/mol. The fraction of sp³-hybridized carbons (Fsp3) is 0.0588. The summed E-state index contributed by atoms with van der Waals surface area (Å²) in [6.45, 7) is 0. The Morgan fingerprint density at radius 1 is 1.18 bits per heavy atom. The Labute approximate surface area is 128 Å².